The van der Waals surface area contributed by atoms with Crippen LogP contribution < -0.4 is 5.73 Å². The molecule has 0 amide bonds. The van der Waals surface area contributed by atoms with Gasteiger partial charge in [0.1, 0.15) is 0 Å². The van der Waals surface area contributed by atoms with E-state index >= 15 is 0 Å². The number of hydrogen-bond donors (Lipinski definition) is 2. The molecule has 2 unspecified atom stereocenters. The molecule has 0 bridgehead atoms. The molecule has 1 heterocycles. The van der Waals surface area contributed by atoms with Crippen LogP contribution in [-0.4, -0.2) is 40.1 Å². The zero-order valence-corrected chi connectivity index (χ0v) is 9.28. The van der Waals surface area contributed by atoms with Crippen molar-refractivity contribution in [3.05, 3.63) is 0 Å². The second-order valence-corrected chi connectivity index (χ2v) is 5.05. The number of nitrogens with two attached hydrogens (primary N) is 1. The molecule has 4 heteroatoms. The lowest BCUT2D eigenvalue weighted by atomic mass is 9.80. The fraction of sp³-hybridized carbons (Fsp3) is 0.909. The highest BCUT2D eigenvalue weighted by molar-refractivity contribution is 5.68. The van der Waals surface area contributed by atoms with E-state index in [1.54, 1.807) is 0 Å². The van der Waals surface area contributed by atoms with Gasteiger partial charge in [-0.2, -0.15) is 0 Å². The maximum Gasteiger partial charge on any atom is 0.305 e. The molecule has 4 nitrogen and oxygen atoms in total. The van der Waals surface area contributed by atoms with Crippen LogP contribution in [0.15, 0.2) is 0 Å². The van der Waals surface area contributed by atoms with E-state index in [1.807, 2.05) is 0 Å². The summed E-state index contributed by atoms with van der Waals surface area (Å²) in [6, 6.07) is 0.881. The van der Waals surface area contributed by atoms with Gasteiger partial charge in [0.15, 0.2) is 0 Å². The quantitative estimate of drug-likeness (QED) is 0.726. The Labute approximate surface area is 90.4 Å². The first kappa shape index (κ1) is 10.9. The average Bonchev–Trinajstić information content (AvgIpc) is 2.92. The maximum absolute atomic E-state index is 10.8. The van der Waals surface area contributed by atoms with Crippen LogP contribution in [0.25, 0.3) is 0 Å². The molecule has 2 fully saturated rings. The van der Waals surface area contributed by atoms with Gasteiger partial charge in [0.05, 0.1) is 6.42 Å². The highest BCUT2D eigenvalue weighted by atomic mass is 16.4. The number of aliphatic carboxylic acids is 1. The normalized spacial score (nSPS) is 37.9. The topological polar surface area (TPSA) is 66.6 Å². The fourth-order valence-corrected chi connectivity index (χ4v) is 2.75. The van der Waals surface area contributed by atoms with Gasteiger partial charge in [-0.3, -0.25) is 9.69 Å². The first-order chi connectivity index (χ1) is 7.03. The van der Waals surface area contributed by atoms with Gasteiger partial charge < -0.3 is 10.8 Å². The summed E-state index contributed by atoms with van der Waals surface area (Å²) < 4.78 is 0. The Bertz CT molecular complexity index is 265. The van der Waals surface area contributed by atoms with Crippen molar-refractivity contribution in [1.29, 1.82) is 0 Å². The van der Waals surface area contributed by atoms with Crippen LogP contribution in [0.1, 0.15) is 39.0 Å². The van der Waals surface area contributed by atoms with Crippen molar-refractivity contribution in [3.8, 4) is 0 Å². The zero-order chi connectivity index (χ0) is 11.1. The van der Waals surface area contributed by atoms with Crippen molar-refractivity contribution in [3.63, 3.8) is 0 Å². The van der Waals surface area contributed by atoms with Gasteiger partial charge in [-0.05, 0) is 39.2 Å². The van der Waals surface area contributed by atoms with Gasteiger partial charge in [0, 0.05) is 17.6 Å². The van der Waals surface area contributed by atoms with E-state index in [4.69, 9.17) is 10.8 Å². The minimum atomic E-state index is -0.776. The number of carboxylic acids is 1. The van der Waals surface area contributed by atoms with E-state index in [2.05, 4.69) is 11.8 Å². The average molecular weight is 212 g/mol. The second kappa shape index (κ2) is 3.76. The SMILES string of the molecule is CC1N(C2CC2)CCCC1(N)CC(=O)O. The predicted octanol–water partition coefficient (Wildman–Crippen LogP) is 0.805. The number of carboxylic acid groups (broad SMARTS) is 1. The maximum atomic E-state index is 10.8. The van der Waals surface area contributed by atoms with E-state index in [-0.39, 0.29) is 12.5 Å². The van der Waals surface area contributed by atoms with E-state index in [0.717, 1.165) is 19.4 Å². The van der Waals surface area contributed by atoms with Crippen LogP contribution in [0.5, 0.6) is 0 Å². The summed E-state index contributed by atoms with van der Waals surface area (Å²) in [5, 5.41) is 8.89. The molecule has 3 N–H and O–H groups in total. The molecule has 1 saturated heterocycles. The van der Waals surface area contributed by atoms with E-state index < -0.39 is 11.5 Å². The third-order valence-corrected chi connectivity index (χ3v) is 3.88. The Morgan fingerprint density at radius 2 is 2.27 bits per heavy atom. The summed E-state index contributed by atoms with van der Waals surface area (Å²) in [6.45, 7) is 3.17. The molecule has 0 aromatic heterocycles. The van der Waals surface area contributed by atoms with Crippen LogP contribution >= 0.6 is 0 Å². The minimum Gasteiger partial charge on any atom is -0.481 e. The summed E-state index contributed by atoms with van der Waals surface area (Å²) in [5.74, 6) is -0.776. The monoisotopic (exact) mass is 212 g/mol. The molecule has 2 aliphatic rings. The van der Waals surface area contributed by atoms with Crippen LogP contribution in [0.2, 0.25) is 0 Å². The van der Waals surface area contributed by atoms with E-state index in [1.165, 1.54) is 12.8 Å². The molecule has 0 aromatic rings. The Morgan fingerprint density at radius 1 is 1.60 bits per heavy atom. The van der Waals surface area contributed by atoms with Crippen LogP contribution in [0, 0.1) is 0 Å². The third kappa shape index (κ3) is 2.16. The lowest BCUT2D eigenvalue weighted by Crippen LogP contribution is -2.62. The van der Waals surface area contributed by atoms with E-state index in [9.17, 15) is 4.79 Å². The number of piperidine rings is 1. The van der Waals surface area contributed by atoms with Crippen molar-refractivity contribution in [1.82, 2.24) is 4.90 Å². The highest BCUT2D eigenvalue weighted by Crippen LogP contribution is 2.36. The summed E-state index contributed by atoms with van der Waals surface area (Å²) >= 11 is 0. The van der Waals surface area contributed by atoms with Crippen molar-refractivity contribution >= 4 is 5.97 Å². The Kier molecular flexibility index (Phi) is 2.73. The number of rotatable bonds is 3. The number of likely N-dealkylation sites (tertiary alicyclic amines) is 1. The van der Waals surface area contributed by atoms with Crippen LogP contribution in [-0.2, 0) is 4.79 Å². The fourth-order valence-electron chi connectivity index (χ4n) is 2.75. The molecule has 15 heavy (non-hydrogen) atoms. The van der Waals surface area contributed by atoms with Gasteiger partial charge in [-0.1, -0.05) is 0 Å². The molecule has 1 aliphatic carbocycles. The largest absolute Gasteiger partial charge is 0.481 e. The molecule has 86 valence electrons. The van der Waals surface area contributed by atoms with Gasteiger partial charge in [0.2, 0.25) is 0 Å². The summed E-state index contributed by atoms with van der Waals surface area (Å²) in [6.07, 6.45) is 4.48. The molecule has 1 aliphatic heterocycles. The van der Waals surface area contributed by atoms with Crippen LogP contribution in [0.3, 0.4) is 0 Å². The Balaban J connectivity index is 2.06. The lowest BCUT2D eigenvalue weighted by Gasteiger charge is -2.46. The first-order valence-corrected chi connectivity index (χ1v) is 5.79. The number of nitrogens with zero attached hydrogens (tertiary/aromatic N) is 1. The number of carbonyl (C=O) groups is 1. The van der Waals surface area contributed by atoms with Crippen molar-refractivity contribution in [2.45, 2.75) is 56.7 Å². The smallest absolute Gasteiger partial charge is 0.305 e. The summed E-state index contributed by atoms with van der Waals surface area (Å²) in [7, 11) is 0. The third-order valence-electron chi connectivity index (χ3n) is 3.88. The van der Waals surface area contributed by atoms with E-state index in [0.29, 0.717) is 6.04 Å². The molecule has 1 saturated carbocycles. The molecular weight excluding hydrogens is 192 g/mol. The van der Waals surface area contributed by atoms with Crippen molar-refractivity contribution < 1.29 is 9.90 Å². The molecular formula is C11H20N2O2. The highest BCUT2D eigenvalue weighted by Gasteiger charge is 2.44. The molecule has 0 spiro atoms. The lowest BCUT2D eigenvalue weighted by molar-refractivity contribution is -0.139. The standard InChI is InChI=1S/C11H20N2O2/c1-8-11(12,7-10(14)15)5-2-6-13(8)9-3-4-9/h8-9H,2-7,12H2,1H3,(H,14,15). The van der Waals surface area contributed by atoms with Gasteiger partial charge >= 0.3 is 5.97 Å². The Hall–Kier alpha value is -0.610. The molecule has 2 rings (SSSR count). The second-order valence-electron chi connectivity index (χ2n) is 5.05. The Morgan fingerprint density at radius 3 is 2.80 bits per heavy atom. The summed E-state index contributed by atoms with van der Waals surface area (Å²) in [4.78, 5) is 13.2. The molecule has 2 atom stereocenters. The molecule has 0 aromatic carbocycles. The van der Waals surface area contributed by atoms with Gasteiger partial charge in [0.25, 0.3) is 0 Å². The first-order valence-electron chi connectivity index (χ1n) is 5.79. The van der Waals surface area contributed by atoms with Crippen molar-refractivity contribution in [2.75, 3.05) is 6.54 Å². The van der Waals surface area contributed by atoms with Gasteiger partial charge in [-0.15, -0.1) is 0 Å². The van der Waals surface area contributed by atoms with Crippen LogP contribution in [0.4, 0.5) is 0 Å². The minimum absolute atomic E-state index is 0.0946. The summed E-state index contributed by atoms with van der Waals surface area (Å²) in [5.41, 5.74) is 5.72. The predicted molar refractivity (Wildman–Crippen MR) is 57.6 cm³/mol. The number of hydrogen-bond acceptors (Lipinski definition) is 3. The van der Waals surface area contributed by atoms with Gasteiger partial charge in [-0.25, -0.2) is 0 Å². The zero-order valence-electron chi connectivity index (χ0n) is 9.28. The van der Waals surface area contributed by atoms with Crippen molar-refractivity contribution in [2.24, 2.45) is 5.73 Å². The molecule has 0 radical (unpaired) electrons.